The van der Waals surface area contributed by atoms with Crippen LogP contribution in [0.4, 0.5) is 5.00 Å². The second kappa shape index (κ2) is 8.21. The van der Waals surface area contributed by atoms with Crippen molar-refractivity contribution < 1.29 is 18.1 Å². The van der Waals surface area contributed by atoms with Crippen molar-refractivity contribution in [3.63, 3.8) is 0 Å². The molecule has 150 valence electrons. The lowest BCUT2D eigenvalue weighted by molar-refractivity contribution is -0.380. The van der Waals surface area contributed by atoms with Crippen LogP contribution in [-0.4, -0.2) is 23.8 Å². The first-order valence-corrected chi connectivity index (χ1v) is 11.1. The number of amides is 1. The average Bonchev–Trinajstić information content (AvgIpc) is 3.24. The molecule has 12 heteroatoms. The highest BCUT2D eigenvalue weighted by molar-refractivity contribution is 7.89. The van der Waals surface area contributed by atoms with Crippen LogP contribution in [-0.2, 0) is 21.4 Å². The molecular formula is C17H14N4O5S3. The van der Waals surface area contributed by atoms with Gasteiger partial charge in [-0.3, -0.25) is 14.9 Å². The van der Waals surface area contributed by atoms with Crippen LogP contribution in [0.5, 0.6) is 0 Å². The maximum Gasteiger partial charge on any atom is 0.324 e. The van der Waals surface area contributed by atoms with E-state index in [0.29, 0.717) is 26.4 Å². The van der Waals surface area contributed by atoms with E-state index in [0.717, 1.165) is 22.7 Å². The molecule has 1 aromatic carbocycles. The molecule has 2 heterocycles. The molecule has 0 aliphatic rings. The molecule has 1 amide bonds. The van der Waals surface area contributed by atoms with Gasteiger partial charge in [0.1, 0.15) is 0 Å². The lowest BCUT2D eigenvalue weighted by atomic mass is 10.3. The summed E-state index contributed by atoms with van der Waals surface area (Å²) in [5.74, 6) is -0.558. The second-order valence-electron chi connectivity index (χ2n) is 5.67. The minimum Gasteiger partial charge on any atom is -0.312 e. The van der Waals surface area contributed by atoms with Gasteiger partial charge in [-0.1, -0.05) is 28.7 Å². The quantitative estimate of drug-likeness (QED) is 0.266. The van der Waals surface area contributed by atoms with Gasteiger partial charge >= 0.3 is 5.00 Å². The van der Waals surface area contributed by atoms with E-state index >= 15 is 0 Å². The molecule has 0 saturated heterocycles. The molecule has 0 aliphatic heterocycles. The van der Waals surface area contributed by atoms with Crippen LogP contribution >= 0.6 is 22.7 Å². The number of allylic oxidation sites excluding steroid dienone is 1. The van der Waals surface area contributed by atoms with Gasteiger partial charge in [0.2, 0.25) is 10.0 Å². The van der Waals surface area contributed by atoms with Gasteiger partial charge in [0.25, 0.3) is 5.91 Å². The van der Waals surface area contributed by atoms with E-state index in [1.165, 1.54) is 30.4 Å². The highest BCUT2D eigenvalue weighted by atomic mass is 32.2. The Hall–Kier alpha value is -2.93. The van der Waals surface area contributed by atoms with Crippen LogP contribution in [0.25, 0.3) is 16.3 Å². The molecule has 0 unspecified atom stereocenters. The summed E-state index contributed by atoms with van der Waals surface area (Å²) in [6.45, 7) is 4.05. The Morgan fingerprint density at radius 3 is 2.69 bits per heavy atom. The number of thiazole rings is 1. The summed E-state index contributed by atoms with van der Waals surface area (Å²) >= 11 is 2.08. The number of hydrogen-bond donors (Lipinski definition) is 1. The monoisotopic (exact) mass is 450 g/mol. The number of nitrogens with zero attached hydrogens (tertiary/aromatic N) is 3. The first kappa shape index (κ1) is 20.8. The van der Waals surface area contributed by atoms with Crippen molar-refractivity contribution in [3.8, 4) is 0 Å². The molecule has 2 N–H and O–H groups in total. The standard InChI is InChI=1S/C17H14N4O5S3/c1-2-9-20-13-6-5-12(29(18,25)26)10-14(13)28-17(20)19-15(22)7-3-11-4-8-16(27-11)21(23)24/h2-8,10H,1,9H2,(H2,18,25,26)/b7-3-,19-17?. The molecule has 2 aromatic heterocycles. The van der Waals surface area contributed by atoms with Crippen LogP contribution in [0.3, 0.4) is 0 Å². The Labute approximate surface area is 173 Å². The van der Waals surface area contributed by atoms with E-state index in [2.05, 4.69) is 11.6 Å². The van der Waals surface area contributed by atoms with E-state index in [-0.39, 0.29) is 9.90 Å². The zero-order chi connectivity index (χ0) is 21.2. The number of carbonyl (C=O) groups excluding carboxylic acids is 1. The van der Waals surface area contributed by atoms with Gasteiger partial charge in [0.15, 0.2) is 4.80 Å². The summed E-state index contributed by atoms with van der Waals surface area (Å²) in [4.78, 5) is 27.4. The summed E-state index contributed by atoms with van der Waals surface area (Å²) in [6, 6.07) is 7.31. The zero-order valence-electron chi connectivity index (χ0n) is 14.7. The van der Waals surface area contributed by atoms with Crippen LogP contribution in [0.2, 0.25) is 0 Å². The van der Waals surface area contributed by atoms with Crippen LogP contribution in [0.1, 0.15) is 4.88 Å². The minimum atomic E-state index is -3.85. The predicted octanol–water partition coefficient (Wildman–Crippen LogP) is 2.65. The molecule has 3 rings (SSSR count). The average molecular weight is 451 g/mol. The summed E-state index contributed by atoms with van der Waals surface area (Å²) < 4.78 is 25.5. The third kappa shape index (κ3) is 4.74. The molecule has 0 bridgehead atoms. The Balaban J connectivity index is 1.99. The van der Waals surface area contributed by atoms with Gasteiger partial charge in [-0.2, -0.15) is 4.99 Å². The number of benzene rings is 1. The second-order valence-corrected chi connectivity index (χ2v) is 9.34. The first-order chi connectivity index (χ1) is 13.7. The number of aromatic nitrogens is 1. The van der Waals surface area contributed by atoms with Gasteiger partial charge in [-0.05, 0) is 30.3 Å². The fourth-order valence-corrected chi connectivity index (χ4v) is 4.86. The van der Waals surface area contributed by atoms with Crippen molar-refractivity contribution in [2.45, 2.75) is 11.4 Å². The summed E-state index contributed by atoms with van der Waals surface area (Å²) in [7, 11) is -3.85. The van der Waals surface area contributed by atoms with Crippen LogP contribution < -0.4 is 9.94 Å². The Kier molecular flexibility index (Phi) is 5.88. The molecule has 0 radical (unpaired) electrons. The minimum absolute atomic E-state index is 0.0203. The zero-order valence-corrected chi connectivity index (χ0v) is 17.2. The van der Waals surface area contributed by atoms with Crippen LogP contribution in [0, 0.1) is 10.1 Å². The number of sulfonamides is 1. The van der Waals surface area contributed by atoms with Crippen LogP contribution in [0.15, 0.2) is 59.0 Å². The highest BCUT2D eigenvalue weighted by Crippen LogP contribution is 2.25. The third-order valence-electron chi connectivity index (χ3n) is 3.68. The molecule has 0 fully saturated rings. The fourth-order valence-electron chi connectivity index (χ4n) is 2.44. The highest BCUT2D eigenvalue weighted by Gasteiger charge is 2.12. The molecular weight excluding hydrogens is 436 g/mol. The van der Waals surface area contributed by atoms with E-state index in [4.69, 9.17) is 5.14 Å². The maximum absolute atomic E-state index is 12.3. The number of nitro groups is 1. The van der Waals surface area contributed by atoms with E-state index in [9.17, 15) is 23.3 Å². The van der Waals surface area contributed by atoms with Gasteiger partial charge in [0, 0.05) is 23.6 Å². The molecule has 0 atom stereocenters. The number of fused-ring (bicyclic) bond motifs is 1. The molecule has 0 spiro atoms. The maximum atomic E-state index is 12.3. The summed E-state index contributed by atoms with van der Waals surface area (Å²) in [5, 5.41) is 15.9. The topological polar surface area (TPSA) is 138 Å². The SMILES string of the molecule is C=CCn1c(=NC(=O)/C=C\c2ccc([N+](=O)[O-])s2)sc2cc(S(N)(=O)=O)ccc21. The van der Waals surface area contributed by atoms with Crippen molar-refractivity contribution in [3.05, 3.63) is 68.9 Å². The predicted molar refractivity (Wildman–Crippen MR) is 112 cm³/mol. The Bertz CT molecular complexity index is 1330. The van der Waals surface area contributed by atoms with Crippen molar-refractivity contribution >= 4 is 59.9 Å². The Morgan fingerprint density at radius 2 is 2.07 bits per heavy atom. The van der Waals surface area contributed by atoms with Gasteiger partial charge < -0.3 is 4.57 Å². The van der Waals surface area contributed by atoms with Crippen molar-refractivity contribution in [1.82, 2.24) is 4.57 Å². The number of primary sulfonamides is 1. The third-order valence-corrected chi connectivity index (χ3v) is 6.64. The lowest BCUT2D eigenvalue weighted by Crippen LogP contribution is -2.15. The molecule has 0 saturated carbocycles. The van der Waals surface area contributed by atoms with Gasteiger partial charge in [0.05, 0.1) is 20.0 Å². The summed E-state index contributed by atoms with van der Waals surface area (Å²) in [6.07, 6.45) is 4.30. The summed E-state index contributed by atoms with van der Waals surface area (Å²) in [5.41, 5.74) is 0.687. The van der Waals surface area contributed by atoms with E-state index in [1.807, 2.05) is 0 Å². The number of rotatable bonds is 6. The van der Waals surface area contributed by atoms with E-state index < -0.39 is 20.9 Å². The van der Waals surface area contributed by atoms with Gasteiger partial charge in [-0.15, -0.1) is 6.58 Å². The molecule has 0 aliphatic carbocycles. The number of thiophene rings is 1. The molecule has 9 nitrogen and oxygen atoms in total. The largest absolute Gasteiger partial charge is 0.324 e. The van der Waals surface area contributed by atoms with Crippen molar-refractivity contribution in [1.29, 1.82) is 0 Å². The lowest BCUT2D eigenvalue weighted by Gasteiger charge is -2.02. The van der Waals surface area contributed by atoms with E-state index in [1.54, 1.807) is 22.8 Å². The molecule has 3 aromatic rings. The van der Waals surface area contributed by atoms with Crippen molar-refractivity contribution in [2.24, 2.45) is 10.1 Å². The smallest absolute Gasteiger partial charge is 0.312 e. The number of carbonyl (C=O) groups is 1. The first-order valence-electron chi connectivity index (χ1n) is 7.97. The normalized spacial score (nSPS) is 12.7. The van der Waals surface area contributed by atoms with Gasteiger partial charge in [-0.25, -0.2) is 13.6 Å². The number of nitrogens with two attached hydrogens (primary N) is 1. The van der Waals surface area contributed by atoms with Crippen molar-refractivity contribution in [2.75, 3.05) is 0 Å². The fraction of sp³-hybridized carbons (Fsp3) is 0.0588. The number of hydrogen-bond acceptors (Lipinski definition) is 7. The molecule has 29 heavy (non-hydrogen) atoms. The Morgan fingerprint density at radius 1 is 1.31 bits per heavy atom.